The Balaban J connectivity index is 1.04. The molecule has 1 aliphatic carbocycles. The molecule has 0 bridgehead atoms. The van der Waals surface area contributed by atoms with Gasteiger partial charge in [-0.2, -0.15) is 0 Å². The van der Waals surface area contributed by atoms with E-state index >= 15 is 0 Å². The van der Waals surface area contributed by atoms with Crippen molar-refractivity contribution in [3.63, 3.8) is 0 Å². The molecule has 2 heterocycles. The van der Waals surface area contributed by atoms with Gasteiger partial charge in [-0.1, -0.05) is 166 Å². The van der Waals surface area contributed by atoms with E-state index in [-0.39, 0.29) is 5.41 Å². The fraction of sp³-hybridized carbons (Fsp3) is 0.0545. The van der Waals surface area contributed by atoms with E-state index in [4.69, 9.17) is 4.42 Å². The zero-order chi connectivity index (χ0) is 38.5. The van der Waals surface area contributed by atoms with E-state index in [2.05, 4.69) is 201 Å². The fourth-order valence-electron chi connectivity index (χ4n) is 9.64. The molecule has 274 valence electrons. The average molecular weight is 760 g/mol. The van der Waals surface area contributed by atoms with E-state index in [1.807, 2.05) is 17.4 Å². The van der Waals surface area contributed by atoms with E-state index in [0.717, 1.165) is 44.6 Å². The van der Waals surface area contributed by atoms with Crippen LogP contribution in [0.4, 0.5) is 17.1 Å². The van der Waals surface area contributed by atoms with Crippen molar-refractivity contribution in [2.45, 2.75) is 19.3 Å². The Kier molecular flexibility index (Phi) is 7.18. The third-order valence-corrected chi connectivity index (χ3v) is 13.8. The minimum Gasteiger partial charge on any atom is -0.454 e. The summed E-state index contributed by atoms with van der Waals surface area (Å²) in [6, 6.07) is 68.7. The molecule has 2 aromatic heterocycles. The maximum Gasteiger partial charge on any atom is 0.159 e. The molecule has 1 aliphatic rings. The number of anilines is 3. The number of thiophene rings is 1. The second-order valence-corrected chi connectivity index (χ2v) is 17.1. The van der Waals surface area contributed by atoms with Crippen LogP contribution >= 0.6 is 11.3 Å². The zero-order valence-corrected chi connectivity index (χ0v) is 33.0. The third kappa shape index (κ3) is 4.84. The normalized spacial score (nSPS) is 13.1. The fourth-order valence-corrected chi connectivity index (χ4v) is 11.0. The molecule has 9 aromatic carbocycles. The van der Waals surface area contributed by atoms with Crippen molar-refractivity contribution in [2.75, 3.05) is 4.90 Å². The number of fused-ring (bicyclic) bond motifs is 11. The summed E-state index contributed by atoms with van der Waals surface area (Å²) in [7, 11) is 0. The highest BCUT2D eigenvalue weighted by atomic mass is 32.1. The molecule has 3 heteroatoms. The zero-order valence-electron chi connectivity index (χ0n) is 32.2. The molecular weight excluding hydrogens is 723 g/mol. The molecule has 2 nitrogen and oxygen atoms in total. The van der Waals surface area contributed by atoms with Gasteiger partial charge in [-0.25, -0.2) is 0 Å². The van der Waals surface area contributed by atoms with Gasteiger partial charge in [0.1, 0.15) is 5.58 Å². The number of furan rings is 1. The summed E-state index contributed by atoms with van der Waals surface area (Å²) >= 11 is 1.90. The highest BCUT2D eigenvalue weighted by molar-refractivity contribution is 7.27. The van der Waals surface area contributed by atoms with Crippen LogP contribution in [0.3, 0.4) is 0 Å². The number of rotatable bonds is 5. The van der Waals surface area contributed by atoms with Gasteiger partial charge in [-0.3, -0.25) is 0 Å². The van der Waals surface area contributed by atoms with Crippen molar-refractivity contribution in [3.8, 4) is 33.4 Å². The lowest BCUT2D eigenvalue weighted by Gasteiger charge is -2.28. The topological polar surface area (TPSA) is 16.4 Å². The van der Waals surface area contributed by atoms with Gasteiger partial charge in [-0.05, 0) is 86.1 Å². The highest BCUT2D eigenvalue weighted by Crippen LogP contribution is 2.51. The first-order valence-corrected chi connectivity index (χ1v) is 20.8. The maximum absolute atomic E-state index is 6.74. The lowest BCUT2D eigenvalue weighted by atomic mass is 9.81. The summed E-state index contributed by atoms with van der Waals surface area (Å²) in [6.45, 7) is 4.70. The Morgan fingerprint density at radius 1 is 0.431 bits per heavy atom. The van der Waals surface area contributed by atoms with Gasteiger partial charge in [0.15, 0.2) is 5.58 Å². The van der Waals surface area contributed by atoms with E-state index < -0.39 is 0 Å². The summed E-state index contributed by atoms with van der Waals surface area (Å²) in [5, 5.41) is 7.44. The van der Waals surface area contributed by atoms with Gasteiger partial charge in [0, 0.05) is 47.6 Å². The van der Waals surface area contributed by atoms with Crippen LogP contribution in [-0.2, 0) is 5.41 Å². The number of para-hydroxylation sites is 3. The highest BCUT2D eigenvalue weighted by Gasteiger charge is 2.35. The van der Waals surface area contributed by atoms with Gasteiger partial charge < -0.3 is 9.32 Å². The van der Waals surface area contributed by atoms with Gasteiger partial charge in [0.05, 0.1) is 11.4 Å². The smallest absolute Gasteiger partial charge is 0.159 e. The van der Waals surface area contributed by atoms with Crippen molar-refractivity contribution in [2.24, 2.45) is 0 Å². The van der Waals surface area contributed by atoms with Crippen LogP contribution in [0.5, 0.6) is 0 Å². The lowest BCUT2D eigenvalue weighted by Crippen LogP contribution is -2.15. The van der Waals surface area contributed by atoms with Crippen molar-refractivity contribution in [1.29, 1.82) is 0 Å². The first-order chi connectivity index (χ1) is 28.5. The molecule has 0 atom stereocenters. The summed E-state index contributed by atoms with van der Waals surface area (Å²) in [5.74, 6) is 0. The summed E-state index contributed by atoms with van der Waals surface area (Å²) < 4.78 is 9.40. The number of hydrogen-bond acceptors (Lipinski definition) is 3. The Bertz CT molecular complexity index is 3440. The molecule has 0 N–H and O–H groups in total. The Labute approximate surface area is 340 Å². The van der Waals surface area contributed by atoms with Gasteiger partial charge in [0.25, 0.3) is 0 Å². The minimum absolute atomic E-state index is 0.101. The molecule has 58 heavy (non-hydrogen) atoms. The molecule has 0 saturated heterocycles. The third-order valence-electron chi connectivity index (χ3n) is 12.5. The minimum atomic E-state index is -0.101. The number of benzene rings is 9. The average Bonchev–Trinajstić information content (AvgIpc) is 3.93. The number of nitrogens with zero attached hydrogens (tertiary/aromatic N) is 1. The predicted octanol–water partition coefficient (Wildman–Crippen LogP) is 16.2. The largest absolute Gasteiger partial charge is 0.454 e. The first-order valence-electron chi connectivity index (χ1n) is 20.0. The van der Waals surface area contributed by atoms with E-state index in [0.29, 0.717) is 0 Å². The molecule has 0 unspecified atom stereocenters. The second kappa shape index (κ2) is 12.5. The van der Waals surface area contributed by atoms with E-state index in [9.17, 15) is 0 Å². The van der Waals surface area contributed by atoms with Gasteiger partial charge in [-0.15, -0.1) is 11.3 Å². The monoisotopic (exact) mass is 759 g/mol. The van der Waals surface area contributed by atoms with Crippen LogP contribution in [-0.4, -0.2) is 0 Å². The van der Waals surface area contributed by atoms with E-state index in [1.54, 1.807) is 0 Å². The van der Waals surface area contributed by atoms with Gasteiger partial charge in [0.2, 0.25) is 0 Å². The molecule has 0 aliphatic heterocycles. The molecule has 0 spiro atoms. The SMILES string of the molecule is CC1(C)c2ccccc2-c2ccc(-c3ccccc3N(c3ccc(-c4cccc5c4sc4c6ccccc6ccc54)cc3)c3cccc4c3oc3ccccc34)cc21. The second-order valence-electron chi connectivity index (χ2n) is 16.0. The Hall–Kier alpha value is -6.94. The van der Waals surface area contributed by atoms with Crippen LogP contribution in [0.2, 0.25) is 0 Å². The molecule has 0 fully saturated rings. The van der Waals surface area contributed by atoms with Crippen LogP contribution < -0.4 is 4.90 Å². The quantitative estimate of drug-likeness (QED) is 0.174. The van der Waals surface area contributed by atoms with Crippen molar-refractivity contribution in [1.82, 2.24) is 0 Å². The molecule has 12 rings (SSSR count). The lowest BCUT2D eigenvalue weighted by molar-refractivity contribution is 0.660. The van der Waals surface area contributed by atoms with Gasteiger partial charge >= 0.3 is 0 Å². The van der Waals surface area contributed by atoms with Crippen LogP contribution in [0.15, 0.2) is 192 Å². The van der Waals surface area contributed by atoms with E-state index in [1.165, 1.54) is 69.9 Å². The van der Waals surface area contributed by atoms with Crippen molar-refractivity contribution < 1.29 is 4.42 Å². The summed E-state index contributed by atoms with van der Waals surface area (Å²) in [5.41, 5.74) is 15.0. The Morgan fingerprint density at radius 3 is 1.97 bits per heavy atom. The first kappa shape index (κ1) is 33.2. The summed E-state index contributed by atoms with van der Waals surface area (Å²) in [6.07, 6.45) is 0. The molecular formula is C55H37NOS. The molecule has 0 radical (unpaired) electrons. The molecule has 0 saturated carbocycles. The Morgan fingerprint density at radius 2 is 1.07 bits per heavy atom. The predicted molar refractivity (Wildman–Crippen MR) is 247 cm³/mol. The van der Waals surface area contributed by atoms with Crippen LogP contribution in [0, 0.1) is 0 Å². The van der Waals surface area contributed by atoms with Crippen LogP contribution in [0.25, 0.3) is 86.3 Å². The van der Waals surface area contributed by atoms with Crippen molar-refractivity contribution >= 4 is 81.3 Å². The van der Waals surface area contributed by atoms with Crippen LogP contribution in [0.1, 0.15) is 25.0 Å². The standard InChI is InChI=1S/C55H37NOS/c1-55(2)47-21-8-5-16-41(47)42-31-28-36(33-48(42)55)38-14-6-9-22-49(38)56(50-23-12-19-44-43-17-7-10-24-51(43)57-52(44)50)37-29-25-35(26-30-37)40-18-11-20-45-46-32-27-34-13-3-4-15-39(34)54(46)58-53(40)45/h3-33H,1-2H3. The summed E-state index contributed by atoms with van der Waals surface area (Å²) in [4.78, 5) is 2.39. The molecule has 11 aromatic rings. The maximum atomic E-state index is 6.74. The number of hydrogen-bond donors (Lipinski definition) is 0. The van der Waals surface area contributed by atoms with Crippen molar-refractivity contribution in [3.05, 3.63) is 199 Å². The molecule has 0 amide bonds.